The van der Waals surface area contributed by atoms with Crippen molar-refractivity contribution in [2.75, 3.05) is 0 Å². The van der Waals surface area contributed by atoms with Crippen LogP contribution in [0, 0.1) is 0 Å². The summed E-state index contributed by atoms with van der Waals surface area (Å²) >= 11 is 3.27. The number of hydrogen-bond acceptors (Lipinski definition) is 2. The molecule has 1 aromatic heterocycles. The summed E-state index contributed by atoms with van der Waals surface area (Å²) in [4.78, 5) is 10.9. The summed E-state index contributed by atoms with van der Waals surface area (Å²) in [7, 11) is 1.78. The maximum atomic E-state index is 10.9. The summed E-state index contributed by atoms with van der Waals surface area (Å²) in [6.45, 7) is 0. The van der Waals surface area contributed by atoms with Crippen LogP contribution in [-0.2, 0) is 7.05 Å². The van der Waals surface area contributed by atoms with Gasteiger partial charge in [-0.1, -0.05) is 15.9 Å². The van der Waals surface area contributed by atoms with Crippen molar-refractivity contribution in [3.8, 4) is 0 Å². The highest BCUT2D eigenvalue weighted by Crippen LogP contribution is 2.23. The molecular formula is C9H7BrN2O2. The Kier molecular flexibility index (Phi) is 2.03. The van der Waals surface area contributed by atoms with E-state index in [0.29, 0.717) is 5.39 Å². The first kappa shape index (κ1) is 9.21. The molecule has 0 fully saturated rings. The number of fused-ring (bicyclic) bond motifs is 1. The average Bonchev–Trinajstić information content (AvgIpc) is 2.47. The summed E-state index contributed by atoms with van der Waals surface area (Å²) in [6, 6.07) is 3.42. The third-order valence-corrected chi connectivity index (χ3v) is 2.52. The lowest BCUT2D eigenvalue weighted by molar-refractivity contribution is 0.0699. The zero-order valence-corrected chi connectivity index (χ0v) is 8.95. The third kappa shape index (κ3) is 1.29. The smallest absolute Gasteiger partial charge is 0.336 e. The molecule has 4 nitrogen and oxygen atoms in total. The number of aryl methyl sites for hydroxylation is 1. The molecule has 0 atom stereocenters. The average molecular weight is 255 g/mol. The monoisotopic (exact) mass is 254 g/mol. The first-order chi connectivity index (χ1) is 6.59. The number of aromatic carboxylic acids is 1. The van der Waals surface area contributed by atoms with E-state index in [-0.39, 0.29) is 5.56 Å². The molecule has 5 heteroatoms. The van der Waals surface area contributed by atoms with Crippen molar-refractivity contribution >= 4 is 32.8 Å². The highest BCUT2D eigenvalue weighted by atomic mass is 79.9. The van der Waals surface area contributed by atoms with Gasteiger partial charge >= 0.3 is 5.97 Å². The maximum Gasteiger partial charge on any atom is 0.336 e. The Morgan fingerprint density at radius 1 is 1.57 bits per heavy atom. The SMILES string of the molecule is Cn1ncc2c(C(=O)O)cc(Br)cc21. The number of rotatable bonds is 1. The fourth-order valence-corrected chi connectivity index (χ4v) is 1.84. The van der Waals surface area contributed by atoms with Crippen molar-refractivity contribution in [1.29, 1.82) is 0 Å². The number of aromatic nitrogens is 2. The summed E-state index contributed by atoms with van der Waals surface area (Å²) in [5.74, 6) is -0.940. The van der Waals surface area contributed by atoms with Crippen LogP contribution in [0.3, 0.4) is 0 Å². The molecule has 0 unspecified atom stereocenters. The van der Waals surface area contributed by atoms with Crippen LogP contribution >= 0.6 is 15.9 Å². The summed E-state index contributed by atoms with van der Waals surface area (Å²) in [5, 5.41) is 13.6. The number of halogens is 1. The molecule has 0 aliphatic rings. The van der Waals surface area contributed by atoms with Gasteiger partial charge in [-0.05, 0) is 12.1 Å². The minimum absolute atomic E-state index is 0.266. The quantitative estimate of drug-likeness (QED) is 0.848. The second-order valence-electron chi connectivity index (χ2n) is 2.96. The fourth-order valence-electron chi connectivity index (χ4n) is 1.39. The van der Waals surface area contributed by atoms with Gasteiger partial charge in [0, 0.05) is 16.9 Å². The predicted octanol–water partition coefficient (Wildman–Crippen LogP) is 2.03. The second-order valence-corrected chi connectivity index (χ2v) is 3.88. The van der Waals surface area contributed by atoms with Gasteiger partial charge in [-0.2, -0.15) is 5.10 Å². The van der Waals surface area contributed by atoms with Gasteiger partial charge in [0.05, 0.1) is 17.3 Å². The van der Waals surface area contributed by atoms with Crippen LogP contribution < -0.4 is 0 Å². The van der Waals surface area contributed by atoms with E-state index in [1.54, 1.807) is 24.0 Å². The van der Waals surface area contributed by atoms with Gasteiger partial charge in [-0.3, -0.25) is 4.68 Å². The lowest BCUT2D eigenvalue weighted by Crippen LogP contribution is -1.97. The predicted molar refractivity (Wildman–Crippen MR) is 55.4 cm³/mol. The Hall–Kier alpha value is -1.36. The van der Waals surface area contributed by atoms with E-state index in [4.69, 9.17) is 5.11 Å². The molecule has 1 heterocycles. The number of carboxylic acids is 1. The number of nitrogens with zero attached hydrogens (tertiary/aromatic N) is 2. The van der Waals surface area contributed by atoms with Gasteiger partial charge in [-0.15, -0.1) is 0 Å². The molecule has 0 bridgehead atoms. The van der Waals surface area contributed by atoms with Crippen LogP contribution in [0.4, 0.5) is 0 Å². The zero-order chi connectivity index (χ0) is 10.3. The maximum absolute atomic E-state index is 10.9. The van der Waals surface area contributed by atoms with E-state index in [9.17, 15) is 4.79 Å². The molecule has 72 valence electrons. The molecule has 0 saturated heterocycles. The van der Waals surface area contributed by atoms with E-state index in [2.05, 4.69) is 21.0 Å². The molecule has 14 heavy (non-hydrogen) atoms. The van der Waals surface area contributed by atoms with Crippen LogP contribution in [0.1, 0.15) is 10.4 Å². The first-order valence-corrected chi connectivity index (χ1v) is 4.73. The van der Waals surface area contributed by atoms with Crippen LogP contribution in [0.25, 0.3) is 10.9 Å². The van der Waals surface area contributed by atoms with Crippen LogP contribution in [0.5, 0.6) is 0 Å². The van der Waals surface area contributed by atoms with E-state index in [1.807, 2.05) is 6.07 Å². The van der Waals surface area contributed by atoms with Gasteiger partial charge < -0.3 is 5.11 Å². The molecule has 0 radical (unpaired) electrons. The summed E-state index contributed by atoms with van der Waals surface area (Å²) < 4.78 is 2.39. The fraction of sp³-hybridized carbons (Fsp3) is 0.111. The number of hydrogen-bond donors (Lipinski definition) is 1. The van der Waals surface area contributed by atoms with Crippen LogP contribution in [0.15, 0.2) is 22.8 Å². The Morgan fingerprint density at radius 2 is 2.29 bits per heavy atom. The van der Waals surface area contributed by atoms with E-state index >= 15 is 0 Å². The standard InChI is InChI=1S/C9H7BrN2O2/c1-12-8-3-5(10)2-6(9(13)14)7(8)4-11-12/h2-4H,1H3,(H,13,14). The highest BCUT2D eigenvalue weighted by molar-refractivity contribution is 9.10. The van der Waals surface area contributed by atoms with Gasteiger partial charge in [-0.25, -0.2) is 4.79 Å². The number of benzene rings is 1. The van der Waals surface area contributed by atoms with Crippen molar-refractivity contribution in [2.45, 2.75) is 0 Å². The Balaban J connectivity index is 2.88. The lowest BCUT2D eigenvalue weighted by Gasteiger charge is -1.99. The van der Waals surface area contributed by atoms with Crippen molar-refractivity contribution < 1.29 is 9.90 Å². The molecule has 2 aromatic rings. The molecule has 1 N–H and O–H groups in total. The molecule has 0 amide bonds. The van der Waals surface area contributed by atoms with Gasteiger partial charge in [0.2, 0.25) is 0 Å². The van der Waals surface area contributed by atoms with E-state index in [1.165, 1.54) is 0 Å². The molecular weight excluding hydrogens is 248 g/mol. The van der Waals surface area contributed by atoms with Crippen LogP contribution in [-0.4, -0.2) is 20.9 Å². The first-order valence-electron chi connectivity index (χ1n) is 3.94. The molecule has 0 spiro atoms. The van der Waals surface area contributed by atoms with Crippen molar-refractivity contribution in [3.63, 3.8) is 0 Å². The summed E-state index contributed by atoms with van der Waals surface area (Å²) in [5.41, 5.74) is 1.07. The molecule has 2 rings (SSSR count). The van der Waals surface area contributed by atoms with E-state index in [0.717, 1.165) is 9.99 Å². The van der Waals surface area contributed by atoms with Crippen molar-refractivity contribution in [2.24, 2.45) is 7.05 Å². The topological polar surface area (TPSA) is 55.1 Å². The molecule has 0 aliphatic carbocycles. The number of carboxylic acid groups (broad SMARTS) is 1. The van der Waals surface area contributed by atoms with Gasteiger partial charge in [0.1, 0.15) is 0 Å². The van der Waals surface area contributed by atoms with Gasteiger partial charge in [0.25, 0.3) is 0 Å². The van der Waals surface area contributed by atoms with Crippen molar-refractivity contribution in [1.82, 2.24) is 9.78 Å². The highest BCUT2D eigenvalue weighted by Gasteiger charge is 2.12. The van der Waals surface area contributed by atoms with Crippen LogP contribution in [0.2, 0.25) is 0 Å². The normalized spacial score (nSPS) is 10.7. The Bertz CT molecular complexity index is 519. The molecule has 0 saturated carbocycles. The minimum atomic E-state index is -0.940. The minimum Gasteiger partial charge on any atom is -0.478 e. The number of carbonyl (C=O) groups is 1. The second kappa shape index (κ2) is 3.09. The van der Waals surface area contributed by atoms with E-state index < -0.39 is 5.97 Å². The lowest BCUT2D eigenvalue weighted by atomic mass is 10.1. The summed E-state index contributed by atoms with van der Waals surface area (Å²) in [6.07, 6.45) is 1.56. The Morgan fingerprint density at radius 3 is 2.93 bits per heavy atom. The Labute approximate surface area is 88.3 Å². The zero-order valence-electron chi connectivity index (χ0n) is 7.36. The molecule has 1 aromatic carbocycles. The van der Waals surface area contributed by atoms with Gasteiger partial charge in [0.15, 0.2) is 0 Å². The largest absolute Gasteiger partial charge is 0.478 e. The third-order valence-electron chi connectivity index (χ3n) is 2.06. The van der Waals surface area contributed by atoms with Crippen molar-refractivity contribution in [3.05, 3.63) is 28.4 Å². The molecule has 0 aliphatic heterocycles.